The van der Waals surface area contributed by atoms with Crippen molar-refractivity contribution in [3.63, 3.8) is 0 Å². The van der Waals surface area contributed by atoms with Gasteiger partial charge in [0.1, 0.15) is 0 Å². The summed E-state index contributed by atoms with van der Waals surface area (Å²) in [6, 6.07) is 7.88. The van der Waals surface area contributed by atoms with E-state index in [0.717, 1.165) is 17.7 Å². The lowest BCUT2D eigenvalue weighted by atomic mass is 10.1. The van der Waals surface area contributed by atoms with Crippen molar-refractivity contribution in [2.45, 2.75) is 25.8 Å². The van der Waals surface area contributed by atoms with Gasteiger partial charge in [0, 0.05) is 30.9 Å². The van der Waals surface area contributed by atoms with Gasteiger partial charge in [-0.3, -0.25) is 4.68 Å². The number of hydrogen-bond acceptors (Lipinski definition) is 2. The Labute approximate surface area is 117 Å². The summed E-state index contributed by atoms with van der Waals surface area (Å²) in [5, 5.41) is 7.12. The largest absolute Gasteiger partial charge is 0.307 e. The van der Waals surface area contributed by atoms with Crippen molar-refractivity contribution in [2.75, 3.05) is 6.54 Å². The van der Waals surface area contributed by atoms with Gasteiger partial charge in [0.2, 0.25) is 0 Å². The maximum absolute atomic E-state index is 14.0. The Balaban J connectivity index is 1.95. The van der Waals surface area contributed by atoms with Gasteiger partial charge in [0.15, 0.2) is 0 Å². The van der Waals surface area contributed by atoms with Crippen molar-refractivity contribution >= 4 is 0 Å². The number of rotatable bonds is 6. The van der Waals surface area contributed by atoms with Gasteiger partial charge in [-0.1, -0.05) is 37.3 Å². The average Bonchev–Trinajstić information content (AvgIpc) is 2.80. The molecule has 2 aromatic rings. The van der Waals surface area contributed by atoms with E-state index in [1.54, 1.807) is 22.9 Å². The Hall–Kier alpha value is -1.75. The van der Waals surface area contributed by atoms with Crippen LogP contribution in [0, 0.1) is 0 Å². The lowest BCUT2D eigenvalue weighted by Crippen LogP contribution is -2.30. The van der Waals surface area contributed by atoms with Crippen LogP contribution < -0.4 is 5.32 Å². The third-order valence-corrected chi connectivity index (χ3v) is 3.19. The van der Waals surface area contributed by atoms with Crippen LogP contribution in [0.5, 0.6) is 0 Å². The summed E-state index contributed by atoms with van der Waals surface area (Å²) in [7, 11) is 1.83. The van der Waals surface area contributed by atoms with Crippen molar-refractivity contribution in [3.05, 3.63) is 53.3 Å². The van der Waals surface area contributed by atoms with Gasteiger partial charge in [-0.2, -0.15) is 13.9 Å². The number of alkyl halides is 2. The predicted octanol–water partition coefficient (Wildman–Crippen LogP) is 2.86. The maximum atomic E-state index is 14.0. The number of aromatic nitrogens is 2. The van der Waals surface area contributed by atoms with Crippen molar-refractivity contribution < 1.29 is 8.78 Å². The number of hydrogen-bond donors (Lipinski definition) is 1. The zero-order valence-electron chi connectivity index (χ0n) is 11.7. The fourth-order valence-corrected chi connectivity index (χ4v) is 2.17. The van der Waals surface area contributed by atoms with Crippen LogP contribution in [0.4, 0.5) is 8.78 Å². The second kappa shape index (κ2) is 6.13. The predicted molar refractivity (Wildman–Crippen MR) is 74.6 cm³/mol. The van der Waals surface area contributed by atoms with E-state index in [1.165, 1.54) is 12.1 Å². The monoisotopic (exact) mass is 279 g/mol. The van der Waals surface area contributed by atoms with Crippen LogP contribution >= 0.6 is 0 Å². The van der Waals surface area contributed by atoms with E-state index in [2.05, 4.69) is 10.4 Å². The van der Waals surface area contributed by atoms with E-state index in [9.17, 15) is 8.78 Å². The third-order valence-electron chi connectivity index (χ3n) is 3.19. The van der Waals surface area contributed by atoms with Crippen LogP contribution in [0.3, 0.4) is 0 Å². The first-order chi connectivity index (χ1) is 9.53. The molecule has 3 nitrogen and oxygen atoms in total. The number of aryl methyl sites for hydroxylation is 2. The molecular formula is C15H19F2N3. The highest BCUT2D eigenvalue weighted by Gasteiger charge is 2.30. The smallest absolute Gasteiger partial charge is 0.285 e. The van der Waals surface area contributed by atoms with Crippen molar-refractivity contribution in [3.8, 4) is 0 Å². The molecule has 0 aliphatic heterocycles. The topological polar surface area (TPSA) is 29.9 Å². The minimum atomic E-state index is -2.87. The zero-order valence-corrected chi connectivity index (χ0v) is 11.7. The highest BCUT2D eigenvalue weighted by Crippen LogP contribution is 2.26. The van der Waals surface area contributed by atoms with Crippen LogP contribution in [0.1, 0.15) is 23.7 Å². The average molecular weight is 279 g/mol. The minimum absolute atomic E-state index is 0.0365. The number of nitrogens with one attached hydrogen (secondary N) is 1. The van der Waals surface area contributed by atoms with Crippen LogP contribution in [0.2, 0.25) is 0 Å². The highest BCUT2D eigenvalue weighted by atomic mass is 19.3. The Morgan fingerprint density at radius 2 is 1.95 bits per heavy atom. The first kappa shape index (κ1) is 14.7. The second-order valence-corrected chi connectivity index (χ2v) is 4.80. The number of nitrogens with zero attached hydrogens (tertiary/aromatic N) is 2. The number of halogens is 2. The summed E-state index contributed by atoms with van der Waals surface area (Å²) in [5.74, 6) is -2.87. The highest BCUT2D eigenvalue weighted by molar-refractivity contribution is 5.21. The van der Waals surface area contributed by atoms with Gasteiger partial charge in [-0.25, -0.2) is 0 Å². The van der Waals surface area contributed by atoms with E-state index in [4.69, 9.17) is 0 Å². The number of benzene rings is 1. The Morgan fingerprint density at radius 3 is 2.60 bits per heavy atom. The SMILES string of the molecule is CCc1nn(C)cc1CNCC(F)(F)c1ccccc1. The molecular weight excluding hydrogens is 260 g/mol. The molecule has 1 aromatic carbocycles. The Bertz CT molecular complexity index is 550. The van der Waals surface area contributed by atoms with E-state index in [-0.39, 0.29) is 12.1 Å². The molecule has 0 aliphatic carbocycles. The third kappa shape index (κ3) is 3.42. The summed E-state index contributed by atoms with van der Waals surface area (Å²) in [6.45, 7) is 2.03. The molecule has 1 heterocycles. The Morgan fingerprint density at radius 1 is 1.25 bits per heavy atom. The van der Waals surface area contributed by atoms with Crippen LogP contribution in [0.25, 0.3) is 0 Å². The first-order valence-corrected chi connectivity index (χ1v) is 6.68. The normalized spacial score (nSPS) is 11.8. The fraction of sp³-hybridized carbons (Fsp3) is 0.400. The molecule has 0 aliphatic rings. The van der Waals surface area contributed by atoms with E-state index >= 15 is 0 Å². The molecule has 1 N–H and O–H groups in total. The molecule has 0 spiro atoms. The lowest BCUT2D eigenvalue weighted by molar-refractivity contribution is -0.00345. The fourth-order valence-electron chi connectivity index (χ4n) is 2.17. The molecule has 0 saturated carbocycles. The van der Waals surface area contributed by atoms with Crippen molar-refractivity contribution in [2.24, 2.45) is 7.05 Å². The van der Waals surface area contributed by atoms with Gasteiger partial charge in [0.25, 0.3) is 5.92 Å². The molecule has 5 heteroatoms. The van der Waals surface area contributed by atoms with E-state index in [0.29, 0.717) is 6.54 Å². The van der Waals surface area contributed by atoms with Gasteiger partial charge in [-0.05, 0) is 6.42 Å². The van der Waals surface area contributed by atoms with Crippen LogP contribution in [0.15, 0.2) is 36.5 Å². The molecule has 0 amide bonds. The molecule has 0 saturated heterocycles. The standard InChI is InChI=1S/C15H19F2N3/c1-3-14-12(10-20(2)19-14)9-18-11-15(16,17)13-7-5-4-6-8-13/h4-8,10,18H,3,9,11H2,1-2H3. The van der Waals surface area contributed by atoms with Crippen LogP contribution in [-0.2, 0) is 25.9 Å². The molecule has 0 radical (unpaired) electrons. The summed E-state index contributed by atoms with van der Waals surface area (Å²) >= 11 is 0. The lowest BCUT2D eigenvalue weighted by Gasteiger charge is -2.17. The molecule has 0 bridgehead atoms. The van der Waals surface area contributed by atoms with Gasteiger partial charge >= 0.3 is 0 Å². The van der Waals surface area contributed by atoms with Crippen LogP contribution in [-0.4, -0.2) is 16.3 Å². The zero-order chi connectivity index (χ0) is 14.6. The summed E-state index contributed by atoms with van der Waals surface area (Å²) in [5.41, 5.74) is 1.95. The maximum Gasteiger partial charge on any atom is 0.285 e. The second-order valence-electron chi connectivity index (χ2n) is 4.80. The van der Waals surface area contributed by atoms with Crippen molar-refractivity contribution in [1.82, 2.24) is 15.1 Å². The molecule has 1 aromatic heterocycles. The summed E-state index contributed by atoms with van der Waals surface area (Å²) in [4.78, 5) is 0. The van der Waals surface area contributed by atoms with Gasteiger partial charge < -0.3 is 5.32 Å². The quantitative estimate of drug-likeness (QED) is 0.881. The minimum Gasteiger partial charge on any atom is -0.307 e. The molecule has 20 heavy (non-hydrogen) atoms. The summed E-state index contributed by atoms with van der Waals surface area (Å²) < 4.78 is 29.6. The molecule has 0 fully saturated rings. The van der Waals surface area contributed by atoms with E-state index in [1.807, 2.05) is 20.2 Å². The van der Waals surface area contributed by atoms with Gasteiger partial charge in [0.05, 0.1) is 12.2 Å². The first-order valence-electron chi connectivity index (χ1n) is 6.68. The van der Waals surface area contributed by atoms with Crippen molar-refractivity contribution in [1.29, 1.82) is 0 Å². The molecule has 108 valence electrons. The van der Waals surface area contributed by atoms with E-state index < -0.39 is 5.92 Å². The summed E-state index contributed by atoms with van der Waals surface area (Å²) in [6.07, 6.45) is 2.67. The molecule has 0 atom stereocenters. The molecule has 2 rings (SSSR count). The molecule has 0 unspecified atom stereocenters. The van der Waals surface area contributed by atoms with Gasteiger partial charge in [-0.15, -0.1) is 0 Å². The Kier molecular flexibility index (Phi) is 4.49.